The number of hydrogen-bond donors (Lipinski definition) is 1. The lowest BCUT2D eigenvalue weighted by atomic mass is 10.00. The van der Waals surface area contributed by atoms with Crippen LogP contribution in [0.25, 0.3) is 22.0 Å². The maximum atomic E-state index is 9.41. The summed E-state index contributed by atoms with van der Waals surface area (Å²) in [6, 6.07) is 19.8. The van der Waals surface area contributed by atoms with Crippen LogP contribution in [0.5, 0.6) is 0 Å². The molecule has 0 spiro atoms. The minimum atomic E-state index is 0.443. The summed E-state index contributed by atoms with van der Waals surface area (Å²) in [5.74, 6) is 0. The van der Waals surface area contributed by atoms with Crippen molar-refractivity contribution in [3.63, 3.8) is 0 Å². The average Bonchev–Trinajstić information content (AvgIpc) is 2.56. The second kappa shape index (κ2) is 5.48. The molecular weight excluding hydrogens is 258 g/mol. The molecule has 0 bridgehead atoms. The van der Waals surface area contributed by atoms with E-state index in [0.717, 1.165) is 21.9 Å². The maximum absolute atomic E-state index is 9.41. The number of allylic oxidation sites excluding steroid dienone is 1. The van der Waals surface area contributed by atoms with Gasteiger partial charge < -0.3 is 5.73 Å². The van der Waals surface area contributed by atoms with Crippen molar-refractivity contribution >= 4 is 22.0 Å². The first-order chi connectivity index (χ1) is 10.3. The fourth-order valence-electron chi connectivity index (χ4n) is 2.29. The largest absolute Gasteiger partial charge is 0.397 e. The third kappa shape index (κ3) is 2.47. The van der Waals surface area contributed by atoms with Crippen molar-refractivity contribution < 1.29 is 0 Å². The molecule has 0 saturated heterocycles. The molecule has 100 valence electrons. The smallest absolute Gasteiger partial charge is 0.102 e. The van der Waals surface area contributed by atoms with E-state index >= 15 is 0 Å². The third-order valence-electron chi connectivity index (χ3n) is 3.39. The van der Waals surface area contributed by atoms with E-state index in [2.05, 4.69) is 11.1 Å². The number of rotatable bonds is 2. The van der Waals surface area contributed by atoms with Crippen LogP contribution in [0.4, 0.5) is 0 Å². The van der Waals surface area contributed by atoms with Crippen LogP contribution in [-0.2, 0) is 0 Å². The average molecular weight is 271 g/mol. The van der Waals surface area contributed by atoms with E-state index in [9.17, 15) is 5.26 Å². The standard InChI is InChI=1S/C18H13N3/c19-11-17(16-6-3-9-21-12-16)18(20)15-8-7-13-4-1-2-5-14(13)10-15/h1-10,12H,20H2/b18-17-. The maximum Gasteiger partial charge on any atom is 0.102 e. The topological polar surface area (TPSA) is 62.7 Å². The van der Waals surface area contributed by atoms with Gasteiger partial charge in [0.25, 0.3) is 0 Å². The van der Waals surface area contributed by atoms with Gasteiger partial charge in [0, 0.05) is 18.0 Å². The van der Waals surface area contributed by atoms with Crippen molar-refractivity contribution in [3.8, 4) is 6.07 Å². The molecule has 0 aliphatic carbocycles. The Hall–Kier alpha value is -3.12. The Kier molecular flexibility index (Phi) is 3.36. The molecule has 0 radical (unpaired) electrons. The highest BCUT2D eigenvalue weighted by Gasteiger charge is 2.09. The van der Waals surface area contributed by atoms with Gasteiger partial charge >= 0.3 is 0 Å². The summed E-state index contributed by atoms with van der Waals surface area (Å²) in [7, 11) is 0. The second-order valence-electron chi connectivity index (χ2n) is 4.70. The van der Waals surface area contributed by atoms with E-state index in [1.165, 1.54) is 0 Å². The van der Waals surface area contributed by atoms with Crippen molar-refractivity contribution in [1.29, 1.82) is 5.26 Å². The molecule has 3 rings (SSSR count). The first-order valence-electron chi connectivity index (χ1n) is 6.59. The highest BCUT2D eigenvalue weighted by molar-refractivity contribution is 5.97. The van der Waals surface area contributed by atoms with Crippen LogP contribution >= 0.6 is 0 Å². The summed E-state index contributed by atoms with van der Waals surface area (Å²) >= 11 is 0. The second-order valence-corrected chi connectivity index (χ2v) is 4.70. The minimum absolute atomic E-state index is 0.443. The predicted molar refractivity (Wildman–Crippen MR) is 84.8 cm³/mol. The molecule has 0 saturated carbocycles. The Labute approximate surface area is 123 Å². The van der Waals surface area contributed by atoms with Crippen LogP contribution in [0.15, 0.2) is 67.0 Å². The summed E-state index contributed by atoms with van der Waals surface area (Å²) < 4.78 is 0. The third-order valence-corrected chi connectivity index (χ3v) is 3.39. The van der Waals surface area contributed by atoms with Crippen molar-refractivity contribution in [2.45, 2.75) is 0 Å². The van der Waals surface area contributed by atoms with Crippen molar-refractivity contribution in [2.24, 2.45) is 5.73 Å². The molecule has 2 aromatic carbocycles. The van der Waals surface area contributed by atoms with Gasteiger partial charge in [-0.1, -0.05) is 42.5 Å². The molecule has 0 unspecified atom stereocenters. The van der Waals surface area contributed by atoms with E-state index < -0.39 is 0 Å². The zero-order valence-electron chi connectivity index (χ0n) is 11.3. The first-order valence-corrected chi connectivity index (χ1v) is 6.59. The van der Waals surface area contributed by atoms with Crippen LogP contribution in [0, 0.1) is 11.3 Å². The summed E-state index contributed by atoms with van der Waals surface area (Å²) in [6.45, 7) is 0. The monoisotopic (exact) mass is 271 g/mol. The number of nitrogens with zero attached hydrogens (tertiary/aromatic N) is 2. The molecule has 3 aromatic rings. The number of nitrogens with two attached hydrogens (primary N) is 1. The van der Waals surface area contributed by atoms with E-state index in [1.807, 2.05) is 48.5 Å². The van der Waals surface area contributed by atoms with Crippen LogP contribution in [0.2, 0.25) is 0 Å². The zero-order chi connectivity index (χ0) is 14.7. The molecule has 0 aliphatic heterocycles. The molecule has 0 amide bonds. The molecule has 2 N–H and O–H groups in total. The van der Waals surface area contributed by atoms with Crippen molar-refractivity contribution in [1.82, 2.24) is 4.98 Å². The number of pyridine rings is 1. The van der Waals surface area contributed by atoms with Gasteiger partial charge in [0.15, 0.2) is 0 Å². The molecular formula is C18H13N3. The molecule has 0 fully saturated rings. The number of benzene rings is 2. The summed E-state index contributed by atoms with van der Waals surface area (Å²) in [4.78, 5) is 4.04. The van der Waals surface area contributed by atoms with Gasteiger partial charge in [-0.2, -0.15) is 5.26 Å². The molecule has 21 heavy (non-hydrogen) atoms. The molecule has 3 nitrogen and oxygen atoms in total. The normalized spacial score (nSPS) is 11.8. The number of aromatic nitrogens is 1. The molecule has 0 atom stereocenters. The fourth-order valence-corrected chi connectivity index (χ4v) is 2.29. The number of fused-ring (bicyclic) bond motifs is 1. The van der Waals surface area contributed by atoms with Gasteiger partial charge in [0.05, 0.1) is 11.3 Å². The van der Waals surface area contributed by atoms with Crippen molar-refractivity contribution in [3.05, 3.63) is 78.1 Å². The van der Waals surface area contributed by atoms with Gasteiger partial charge in [-0.3, -0.25) is 4.98 Å². The summed E-state index contributed by atoms with van der Waals surface area (Å²) in [5.41, 5.74) is 8.68. The molecule has 0 aliphatic rings. The predicted octanol–water partition coefficient (Wildman–Crippen LogP) is 3.59. The Bertz CT molecular complexity index is 858. The van der Waals surface area contributed by atoms with Gasteiger partial charge in [0.2, 0.25) is 0 Å². The summed E-state index contributed by atoms with van der Waals surface area (Å²) in [5, 5.41) is 11.7. The van der Waals surface area contributed by atoms with Crippen LogP contribution in [-0.4, -0.2) is 4.98 Å². The Balaban J connectivity index is 2.16. The molecule has 3 heteroatoms. The van der Waals surface area contributed by atoms with E-state index in [0.29, 0.717) is 11.3 Å². The van der Waals surface area contributed by atoms with E-state index in [1.54, 1.807) is 18.5 Å². The SMILES string of the molecule is N#C/C(=C(/N)c1ccc2ccccc2c1)c1cccnc1. The number of hydrogen-bond acceptors (Lipinski definition) is 3. The van der Waals surface area contributed by atoms with Crippen molar-refractivity contribution in [2.75, 3.05) is 0 Å². The zero-order valence-corrected chi connectivity index (χ0v) is 11.3. The van der Waals surface area contributed by atoms with E-state index in [-0.39, 0.29) is 0 Å². The Morgan fingerprint density at radius 1 is 0.952 bits per heavy atom. The first kappa shape index (κ1) is 12.9. The summed E-state index contributed by atoms with van der Waals surface area (Å²) in [6.07, 6.45) is 3.32. The fraction of sp³-hybridized carbons (Fsp3) is 0. The van der Waals surface area contributed by atoms with Crippen LogP contribution in [0.3, 0.4) is 0 Å². The quantitative estimate of drug-likeness (QED) is 0.724. The van der Waals surface area contributed by atoms with Gasteiger partial charge in [-0.25, -0.2) is 0 Å². The number of nitriles is 1. The molecule has 1 heterocycles. The molecule has 1 aromatic heterocycles. The van der Waals surface area contributed by atoms with Crippen LogP contribution < -0.4 is 5.73 Å². The lowest BCUT2D eigenvalue weighted by Gasteiger charge is -2.07. The van der Waals surface area contributed by atoms with Gasteiger partial charge in [-0.15, -0.1) is 0 Å². The lowest BCUT2D eigenvalue weighted by molar-refractivity contribution is 1.31. The Morgan fingerprint density at radius 2 is 1.76 bits per heavy atom. The Morgan fingerprint density at radius 3 is 2.48 bits per heavy atom. The highest BCUT2D eigenvalue weighted by Crippen LogP contribution is 2.24. The van der Waals surface area contributed by atoms with Crippen LogP contribution in [0.1, 0.15) is 11.1 Å². The highest BCUT2D eigenvalue weighted by atomic mass is 14.6. The van der Waals surface area contributed by atoms with E-state index in [4.69, 9.17) is 5.73 Å². The lowest BCUT2D eigenvalue weighted by Crippen LogP contribution is -2.01. The van der Waals surface area contributed by atoms with Gasteiger partial charge in [-0.05, 0) is 28.5 Å². The van der Waals surface area contributed by atoms with Gasteiger partial charge in [0.1, 0.15) is 6.07 Å². The minimum Gasteiger partial charge on any atom is -0.397 e.